The summed E-state index contributed by atoms with van der Waals surface area (Å²) in [6.45, 7) is 10.4. The summed E-state index contributed by atoms with van der Waals surface area (Å²) < 4.78 is 10.1. The third-order valence-corrected chi connectivity index (χ3v) is 3.16. The van der Waals surface area contributed by atoms with Crippen LogP contribution in [0.25, 0.3) is 0 Å². The second-order valence-electron chi connectivity index (χ2n) is 5.93. The molecule has 0 fully saturated rings. The number of esters is 1. The summed E-state index contributed by atoms with van der Waals surface area (Å²) in [5.41, 5.74) is -0.374. The molecular weight excluding hydrogens is 258 g/mol. The zero-order valence-corrected chi connectivity index (χ0v) is 13.7. The van der Waals surface area contributed by atoms with E-state index in [2.05, 4.69) is 18.6 Å². The van der Waals surface area contributed by atoms with E-state index in [9.17, 15) is 9.59 Å². The molecule has 0 atom stereocenters. The lowest BCUT2D eigenvalue weighted by molar-refractivity contribution is -0.151. The van der Waals surface area contributed by atoms with Gasteiger partial charge in [0.25, 0.3) is 0 Å². The maximum absolute atomic E-state index is 12.2. The zero-order valence-electron chi connectivity index (χ0n) is 13.7. The normalized spacial score (nSPS) is 11.6. The number of hydrogen-bond donors (Lipinski definition) is 0. The van der Waals surface area contributed by atoms with E-state index in [4.69, 9.17) is 4.74 Å². The maximum Gasteiger partial charge on any atom is 0.325 e. The third-order valence-electron chi connectivity index (χ3n) is 3.16. The van der Waals surface area contributed by atoms with E-state index in [0.717, 1.165) is 12.8 Å². The van der Waals surface area contributed by atoms with Gasteiger partial charge < -0.3 is 14.4 Å². The minimum Gasteiger partial charge on any atom is -0.468 e. The smallest absolute Gasteiger partial charge is 0.325 e. The van der Waals surface area contributed by atoms with Gasteiger partial charge in [-0.3, -0.25) is 9.59 Å². The molecule has 5 nitrogen and oxygen atoms in total. The van der Waals surface area contributed by atoms with Crippen molar-refractivity contribution in [3.05, 3.63) is 0 Å². The van der Waals surface area contributed by atoms with Crippen LogP contribution in [0.1, 0.15) is 47.5 Å². The fourth-order valence-electron chi connectivity index (χ4n) is 1.70. The topological polar surface area (TPSA) is 55.8 Å². The number of hydrogen-bond acceptors (Lipinski definition) is 4. The molecule has 0 aliphatic carbocycles. The fourth-order valence-corrected chi connectivity index (χ4v) is 1.70. The molecule has 0 aromatic rings. The first-order valence-corrected chi connectivity index (χ1v) is 7.22. The van der Waals surface area contributed by atoms with Crippen LogP contribution in [0.5, 0.6) is 0 Å². The van der Waals surface area contributed by atoms with Gasteiger partial charge in [-0.1, -0.05) is 26.7 Å². The molecular formula is C15H29NO4. The minimum atomic E-state index is -0.403. The van der Waals surface area contributed by atoms with Crippen molar-refractivity contribution >= 4 is 11.9 Å². The number of rotatable bonds is 8. The Hall–Kier alpha value is -1.10. The highest BCUT2D eigenvalue weighted by Crippen LogP contribution is 2.12. The summed E-state index contributed by atoms with van der Waals surface area (Å²) in [5.74, 6) is -0.185. The Morgan fingerprint density at radius 2 is 1.70 bits per heavy atom. The van der Waals surface area contributed by atoms with Gasteiger partial charge in [-0.15, -0.1) is 0 Å². The molecule has 0 saturated heterocycles. The number of carbonyl (C=O) groups excluding carboxylic acids is 2. The summed E-state index contributed by atoms with van der Waals surface area (Å²) in [6.07, 6.45) is 1.95. The predicted molar refractivity (Wildman–Crippen MR) is 78.4 cm³/mol. The van der Waals surface area contributed by atoms with E-state index in [1.165, 1.54) is 12.0 Å². The summed E-state index contributed by atoms with van der Waals surface area (Å²) in [7, 11) is 1.33. The Morgan fingerprint density at radius 3 is 2.10 bits per heavy atom. The molecule has 0 aliphatic rings. The van der Waals surface area contributed by atoms with Gasteiger partial charge in [0, 0.05) is 6.54 Å². The van der Waals surface area contributed by atoms with Crippen LogP contribution in [0.3, 0.4) is 0 Å². The van der Waals surface area contributed by atoms with E-state index in [-0.39, 0.29) is 24.7 Å². The van der Waals surface area contributed by atoms with Crippen LogP contribution in [0.2, 0.25) is 0 Å². The summed E-state index contributed by atoms with van der Waals surface area (Å²) >= 11 is 0. The molecule has 0 spiro atoms. The van der Waals surface area contributed by atoms with Crippen molar-refractivity contribution in [2.45, 2.75) is 53.1 Å². The van der Waals surface area contributed by atoms with Crippen LogP contribution in [0.4, 0.5) is 0 Å². The van der Waals surface area contributed by atoms with E-state index in [1.807, 2.05) is 20.8 Å². The van der Waals surface area contributed by atoms with Gasteiger partial charge in [-0.25, -0.2) is 0 Å². The van der Waals surface area contributed by atoms with Gasteiger partial charge in [0.1, 0.15) is 13.2 Å². The molecule has 0 saturated carbocycles. The molecule has 1 amide bonds. The second kappa shape index (κ2) is 8.95. The standard InChI is InChI=1S/C15H29NO4/c1-7-12(8-2)9-16(10-14(18)19-6)13(17)11-20-15(3,4)5/h12H,7-11H2,1-6H3. The lowest BCUT2D eigenvalue weighted by Crippen LogP contribution is -2.42. The maximum atomic E-state index is 12.2. The predicted octanol–water partition coefficient (Wildman–Crippen LogP) is 2.24. The molecule has 0 N–H and O–H groups in total. The first-order valence-electron chi connectivity index (χ1n) is 7.22. The number of amides is 1. The fraction of sp³-hybridized carbons (Fsp3) is 0.867. The highest BCUT2D eigenvalue weighted by Gasteiger charge is 2.22. The monoisotopic (exact) mass is 287 g/mol. The van der Waals surface area contributed by atoms with Crippen LogP contribution >= 0.6 is 0 Å². The van der Waals surface area contributed by atoms with Crippen LogP contribution in [0.15, 0.2) is 0 Å². The van der Waals surface area contributed by atoms with Crippen LogP contribution in [-0.4, -0.2) is 49.2 Å². The average Bonchev–Trinajstić information content (AvgIpc) is 2.39. The van der Waals surface area contributed by atoms with E-state index >= 15 is 0 Å². The molecule has 0 aromatic heterocycles. The third kappa shape index (κ3) is 8.15. The first kappa shape index (κ1) is 18.9. The zero-order chi connectivity index (χ0) is 15.8. The molecule has 118 valence electrons. The summed E-state index contributed by atoms with van der Waals surface area (Å²) in [5, 5.41) is 0. The van der Waals surface area contributed by atoms with Gasteiger partial charge in [0.15, 0.2) is 0 Å². The van der Waals surface area contributed by atoms with Gasteiger partial charge in [-0.05, 0) is 26.7 Å². The SMILES string of the molecule is CCC(CC)CN(CC(=O)OC)C(=O)COC(C)(C)C. The Bertz CT molecular complexity index is 305. The average molecular weight is 287 g/mol. The molecule has 20 heavy (non-hydrogen) atoms. The van der Waals surface area contributed by atoms with E-state index < -0.39 is 5.97 Å². The van der Waals surface area contributed by atoms with Crippen molar-refractivity contribution in [2.24, 2.45) is 5.92 Å². The highest BCUT2D eigenvalue weighted by molar-refractivity contribution is 5.82. The van der Waals surface area contributed by atoms with Crippen molar-refractivity contribution in [2.75, 3.05) is 26.8 Å². The van der Waals surface area contributed by atoms with Gasteiger partial charge in [0.05, 0.1) is 12.7 Å². The number of methoxy groups -OCH3 is 1. The molecule has 0 radical (unpaired) electrons. The molecule has 0 rings (SSSR count). The quantitative estimate of drug-likeness (QED) is 0.642. The molecule has 0 aliphatic heterocycles. The lowest BCUT2D eigenvalue weighted by Gasteiger charge is -2.27. The summed E-state index contributed by atoms with van der Waals surface area (Å²) in [6, 6.07) is 0. The molecule has 0 unspecified atom stereocenters. The molecule has 0 heterocycles. The van der Waals surface area contributed by atoms with Gasteiger partial charge >= 0.3 is 5.97 Å². The first-order chi connectivity index (χ1) is 9.23. The van der Waals surface area contributed by atoms with Crippen molar-refractivity contribution in [1.29, 1.82) is 0 Å². The number of carbonyl (C=O) groups is 2. The minimum absolute atomic E-state index is 0.0133. The van der Waals surface area contributed by atoms with Gasteiger partial charge in [0.2, 0.25) is 5.91 Å². The molecule has 5 heteroatoms. The molecule has 0 bridgehead atoms. The van der Waals surface area contributed by atoms with Crippen molar-refractivity contribution in [3.8, 4) is 0 Å². The Labute approximate surface area is 122 Å². The van der Waals surface area contributed by atoms with Crippen molar-refractivity contribution < 1.29 is 19.1 Å². The number of nitrogens with zero attached hydrogens (tertiary/aromatic N) is 1. The van der Waals surface area contributed by atoms with E-state index in [1.54, 1.807) is 0 Å². The highest BCUT2D eigenvalue weighted by atomic mass is 16.5. The Kier molecular flexibility index (Phi) is 8.46. The van der Waals surface area contributed by atoms with Crippen LogP contribution < -0.4 is 0 Å². The van der Waals surface area contributed by atoms with Crippen LogP contribution in [-0.2, 0) is 19.1 Å². The van der Waals surface area contributed by atoms with Crippen molar-refractivity contribution in [1.82, 2.24) is 4.90 Å². The Balaban J connectivity index is 4.65. The van der Waals surface area contributed by atoms with E-state index in [0.29, 0.717) is 12.5 Å². The second-order valence-corrected chi connectivity index (χ2v) is 5.93. The lowest BCUT2D eigenvalue weighted by atomic mass is 10.0. The summed E-state index contributed by atoms with van der Waals surface area (Å²) in [4.78, 5) is 25.2. The number of ether oxygens (including phenoxy) is 2. The largest absolute Gasteiger partial charge is 0.468 e. The Morgan fingerprint density at radius 1 is 1.15 bits per heavy atom. The van der Waals surface area contributed by atoms with Crippen LogP contribution in [0, 0.1) is 5.92 Å². The molecule has 0 aromatic carbocycles. The van der Waals surface area contributed by atoms with Gasteiger partial charge in [-0.2, -0.15) is 0 Å². The van der Waals surface area contributed by atoms with Crippen molar-refractivity contribution in [3.63, 3.8) is 0 Å².